The maximum atomic E-state index is 5.88. The Balaban J connectivity index is 1.77. The van der Waals surface area contributed by atoms with E-state index in [-0.39, 0.29) is 23.2 Å². The fourth-order valence-corrected chi connectivity index (χ4v) is 2.60. The summed E-state index contributed by atoms with van der Waals surface area (Å²) in [7, 11) is 0. The second kappa shape index (κ2) is 3.47. The van der Waals surface area contributed by atoms with Gasteiger partial charge in [-0.05, 0) is 23.1 Å². The molecular weight excluding hydrogens is 236 g/mol. The molecule has 3 unspecified atom stereocenters. The molecule has 0 bridgehead atoms. The molecule has 2 aliphatic rings. The number of ether oxygens (including phenoxy) is 2. The van der Waals surface area contributed by atoms with Crippen molar-refractivity contribution < 1.29 is 9.47 Å². The number of benzene rings is 1. The predicted octanol–water partition coefficient (Wildman–Crippen LogP) is 3.60. The molecule has 0 N–H and O–H groups in total. The van der Waals surface area contributed by atoms with Gasteiger partial charge in [0.2, 0.25) is 0 Å². The van der Waals surface area contributed by atoms with E-state index in [0.717, 1.165) is 11.6 Å². The second-order valence-electron chi connectivity index (χ2n) is 5.96. The zero-order valence-electron chi connectivity index (χ0n) is 10.4. The van der Waals surface area contributed by atoms with Crippen molar-refractivity contribution in [2.24, 2.45) is 5.41 Å². The molecule has 92 valence electrons. The zero-order chi connectivity index (χ0) is 12.3. The summed E-state index contributed by atoms with van der Waals surface area (Å²) in [5, 5.41) is 0.763. The largest absolute Gasteiger partial charge is 0.366 e. The van der Waals surface area contributed by atoms with E-state index in [9.17, 15) is 0 Å². The summed E-state index contributed by atoms with van der Waals surface area (Å²) in [5.41, 5.74) is 1.23. The summed E-state index contributed by atoms with van der Waals surface area (Å²) in [4.78, 5) is 0. The first-order valence-electron chi connectivity index (χ1n) is 5.99. The third kappa shape index (κ3) is 1.79. The zero-order valence-corrected chi connectivity index (χ0v) is 11.1. The van der Waals surface area contributed by atoms with Gasteiger partial charge in [-0.15, -0.1) is 0 Å². The average Bonchev–Trinajstić information content (AvgIpc) is 3.11. The minimum atomic E-state index is -0.0860. The number of halogens is 1. The molecule has 2 nitrogen and oxygen atoms in total. The topological polar surface area (TPSA) is 25.1 Å². The fraction of sp³-hybridized carbons (Fsp3) is 0.571. The highest BCUT2D eigenvalue weighted by molar-refractivity contribution is 6.30. The lowest BCUT2D eigenvalue weighted by atomic mass is 9.77. The van der Waals surface area contributed by atoms with Gasteiger partial charge in [-0.1, -0.05) is 44.5 Å². The Morgan fingerprint density at radius 3 is 2.29 bits per heavy atom. The van der Waals surface area contributed by atoms with E-state index in [4.69, 9.17) is 21.1 Å². The van der Waals surface area contributed by atoms with Gasteiger partial charge < -0.3 is 9.47 Å². The van der Waals surface area contributed by atoms with Crippen molar-refractivity contribution in [3.8, 4) is 0 Å². The molecule has 2 aliphatic heterocycles. The highest BCUT2D eigenvalue weighted by atomic mass is 35.5. The quantitative estimate of drug-likeness (QED) is 0.752. The first-order valence-corrected chi connectivity index (χ1v) is 6.37. The fourth-order valence-electron chi connectivity index (χ4n) is 2.47. The van der Waals surface area contributed by atoms with Crippen molar-refractivity contribution in [2.45, 2.75) is 38.6 Å². The Morgan fingerprint density at radius 2 is 1.82 bits per heavy atom. The van der Waals surface area contributed by atoms with Crippen molar-refractivity contribution in [1.82, 2.24) is 0 Å². The van der Waals surface area contributed by atoms with Crippen LogP contribution in [0.1, 0.15) is 32.4 Å². The van der Waals surface area contributed by atoms with Crippen LogP contribution in [0.5, 0.6) is 0 Å². The van der Waals surface area contributed by atoms with E-state index in [2.05, 4.69) is 20.8 Å². The normalized spacial score (nSPS) is 35.8. The van der Waals surface area contributed by atoms with E-state index < -0.39 is 0 Å². The molecule has 3 rings (SSSR count). The van der Waals surface area contributed by atoms with Gasteiger partial charge in [0.05, 0.1) is 6.61 Å². The van der Waals surface area contributed by atoms with E-state index in [0.29, 0.717) is 0 Å². The maximum Gasteiger partial charge on any atom is 0.125 e. The van der Waals surface area contributed by atoms with Crippen LogP contribution in [0.25, 0.3) is 0 Å². The molecule has 0 saturated carbocycles. The molecule has 0 spiro atoms. The lowest BCUT2D eigenvalue weighted by molar-refractivity contribution is 0.119. The predicted molar refractivity (Wildman–Crippen MR) is 67.2 cm³/mol. The van der Waals surface area contributed by atoms with Gasteiger partial charge in [-0.2, -0.15) is 0 Å². The van der Waals surface area contributed by atoms with Crippen LogP contribution >= 0.6 is 11.6 Å². The SMILES string of the molecule is CC(C)(C)C1(C2OC2c2ccc(Cl)cc2)CO1. The molecule has 2 saturated heterocycles. The Kier molecular flexibility index (Phi) is 2.35. The summed E-state index contributed by atoms with van der Waals surface area (Å²) in [6.45, 7) is 7.44. The molecule has 0 aliphatic carbocycles. The molecule has 0 amide bonds. The molecule has 3 heteroatoms. The average molecular weight is 253 g/mol. The molecule has 1 aromatic rings. The van der Waals surface area contributed by atoms with Crippen LogP contribution in [-0.4, -0.2) is 18.3 Å². The Labute approximate surface area is 107 Å². The molecule has 0 aromatic heterocycles. The standard InChI is InChI=1S/C14H17ClO2/c1-13(2,3)14(8-16-14)12-11(17-12)9-4-6-10(15)7-5-9/h4-7,11-12H,8H2,1-3H3. The smallest absolute Gasteiger partial charge is 0.125 e. The van der Waals surface area contributed by atoms with Crippen LogP contribution in [0.4, 0.5) is 0 Å². The minimum Gasteiger partial charge on any atom is -0.366 e. The summed E-state index contributed by atoms with van der Waals surface area (Å²) in [6.07, 6.45) is 0.373. The highest BCUT2D eigenvalue weighted by Gasteiger charge is 2.68. The van der Waals surface area contributed by atoms with Crippen LogP contribution in [0.3, 0.4) is 0 Å². The first kappa shape index (κ1) is 11.5. The molecule has 3 atom stereocenters. The molecule has 1 aromatic carbocycles. The van der Waals surface area contributed by atoms with E-state index >= 15 is 0 Å². The van der Waals surface area contributed by atoms with Crippen molar-refractivity contribution in [2.75, 3.05) is 6.61 Å². The summed E-state index contributed by atoms with van der Waals surface area (Å²) < 4.78 is 11.5. The van der Waals surface area contributed by atoms with Crippen molar-refractivity contribution in [1.29, 1.82) is 0 Å². The summed E-state index contributed by atoms with van der Waals surface area (Å²) in [5.74, 6) is 0. The molecular formula is C14H17ClO2. The molecule has 0 radical (unpaired) electrons. The van der Waals surface area contributed by atoms with Gasteiger partial charge in [0.1, 0.15) is 17.8 Å². The number of epoxide rings is 2. The van der Waals surface area contributed by atoms with Gasteiger partial charge in [0.25, 0.3) is 0 Å². The van der Waals surface area contributed by atoms with Crippen LogP contribution in [0.15, 0.2) is 24.3 Å². The van der Waals surface area contributed by atoms with Gasteiger partial charge in [0.15, 0.2) is 0 Å². The summed E-state index contributed by atoms with van der Waals surface area (Å²) >= 11 is 5.88. The molecule has 2 heterocycles. The highest BCUT2D eigenvalue weighted by Crippen LogP contribution is 2.58. The first-order chi connectivity index (χ1) is 7.94. The van der Waals surface area contributed by atoms with Crippen LogP contribution in [0.2, 0.25) is 5.02 Å². The Bertz CT molecular complexity index is 429. The second-order valence-corrected chi connectivity index (χ2v) is 6.39. The van der Waals surface area contributed by atoms with Crippen LogP contribution < -0.4 is 0 Å². The summed E-state index contributed by atoms with van der Waals surface area (Å²) in [6, 6.07) is 7.89. The van der Waals surface area contributed by atoms with E-state index in [1.54, 1.807) is 0 Å². The third-order valence-corrected chi connectivity index (χ3v) is 4.13. The maximum absolute atomic E-state index is 5.88. The Hall–Kier alpha value is -0.570. The van der Waals surface area contributed by atoms with E-state index in [1.165, 1.54) is 5.56 Å². The molecule has 17 heavy (non-hydrogen) atoms. The number of rotatable bonds is 2. The van der Waals surface area contributed by atoms with Crippen molar-refractivity contribution in [3.05, 3.63) is 34.9 Å². The van der Waals surface area contributed by atoms with Gasteiger partial charge >= 0.3 is 0 Å². The van der Waals surface area contributed by atoms with Crippen LogP contribution in [-0.2, 0) is 9.47 Å². The lowest BCUT2D eigenvalue weighted by Crippen LogP contribution is -2.36. The van der Waals surface area contributed by atoms with Crippen molar-refractivity contribution in [3.63, 3.8) is 0 Å². The van der Waals surface area contributed by atoms with Gasteiger partial charge in [-0.3, -0.25) is 0 Å². The number of hydrogen-bond donors (Lipinski definition) is 0. The molecule has 2 fully saturated rings. The van der Waals surface area contributed by atoms with Gasteiger partial charge in [-0.25, -0.2) is 0 Å². The van der Waals surface area contributed by atoms with E-state index in [1.807, 2.05) is 24.3 Å². The van der Waals surface area contributed by atoms with Crippen molar-refractivity contribution >= 4 is 11.6 Å². The van der Waals surface area contributed by atoms with Gasteiger partial charge in [0, 0.05) is 5.02 Å². The minimum absolute atomic E-state index is 0.0860. The lowest BCUT2D eigenvalue weighted by Gasteiger charge is -2.25. The monoisotopic (exact) mass is 252 g/mol. The third-order valence-electron chi connectivity index (χ3n) is 3.87. The number of hydrogen-bond acceptors (Lipinski definition) is 2. The Morgan fingerprint density at radius 1 is 1.24 bits per heavy atom. The van der Waals surface area contributed by atoms with Crippen LogP contribution in [0, 0.1) is 5.41 Å².